The maximum Gasteiger partial charge on any atom is 0.415 e. The first kappa shape index (κ1) is 16.2. The molecule has 4 bridgehead atoms. The highest BCUT2D eigenvalue weighted by Crippen LogP contribution is 2.60. The molecule has 1 N–H and O–H groups in total. The van der Waals surface area contributed by atoms with Gasteiger partial charge in [0.25, 0.3) is 0 Å². The third-order valence-electron chi connectivity index (χ3n) is 7.24. The Kier molecular flexibility index (Phi) is 3.56. The molecule has 5 fully saturated rings. The molecule has 0 radical (unpaired) electrons. The third-order valence-corrected chi connectivity index (χ3v) is 7.24. The molecule has 5 nitrogen and oxygen atoms in total. The van der Waals surface area contributed by atoms with Gasteiger partial charge in [0, 0.05) is 13.6 Å². The van der Waals surface area contributed by atoms with Gasteiger partial charge in [0.1, 0.15) is 11.8 Å². The summed E-state index contributed by atoms with van der Waals surface area (Å²) in [7, 11) is 1.61. The normalized spacial score (nSPS) is 37.0. The van der Waals surface area contributed by atoms with Crippen LogP contribution in [0.2, 0.25) is 0 Å². The van der Waals surface area contributed by atoms with E-state index in [9.17, 15) is 9.59 Å². The molecule has 4 saturated carbocycles. The van der Waals surface area contributed by atoms with Crippen LogP contribution in [0.3, 0.4) is 0 Å². The summed E-state index contributed by atoms with van der Waals surface area (Å²) < 4.78 is 5.46. The van der Waals surface area contributed by atoms with Crippen LogP contribution >= 0.6 is 0 Å². The van der Waals surface area contributed by atoms with Gasteiger partial charge >= 0.3 is 6.09 Å². The molecule has 26 heavy (non-hydrogen) atoms. The Hall–Kier alpha value is -2.04. The SMILES string of the molecule is CN(C(=O)Oc1ccc(C23CC4CC(CC(C4)C2)C3)cc1)[C@H]1CNC1=O. The van der Waals surface area contributed by atoms with E-state index in [-0.39, 0.29) is 5.91 Å². The van der Waals surface area contributed by atoms with E-state index < -0.39 is 12.1 Å². The van der Waals surface area contributed by atoms with Crippen LogP contribution in [0.5, 0.6) is 5.75 Å². The van der Waals surface area contributed by atoms with E-state index in [1.807, 2.05) is 12.1 Å². The standard InChI is InChI=1S/C21H26N2O3/c1-23(18-12-22-19(18)24)20(25)26-17-4-2-16(3-5-17)21-9-13-6-14(10-21)8-15(7-13)11-21/h2-5,13-15,18H,6-12H2,1H3,(H,22,24)/t13?,14?,15?,18-,21?/m0/s1. The average Bonchev–Trinajstić information content (AvgIpc) is 2.59. The number of nitrogens with zero attached hydrogens (tertiary/aromatic N) is 1. The second kappa shape index (κ2) is 5.73. The van der Waals surface area contributed by atoms with Crippen molar-refractivity contribution in [3.8, 4) is 5.75 Å². The van der Waals surface area contributed by atoms with Gasteiger partial charge in [-0.25, -0.2) is 4.79 Å². The van der Waals surface area contributed by atoms with Crippen LogP contribution in [-0.4, -0.2) is 36.5 Å². The molecule has 0 aromatic heterocycles. The zero-order valence-electron chi connectivity index (χ0n) is 15.2. The van der Waals surface area contributed by atoms with Crippen LogP contribution < -0.4 is 10.1 Å². The Morgan fingerprint density at radius 1 is 1.08 bits per heavy atom. The fourth-order valence-electron chi connectivity index (χ4n) is 6.23. The Balaban J connectivity index is 1.29. The summed E-state index contributed by atoms with van der Waals surface area (Å²) >= 11 is 0. The molecule has 1 aromatic rings. The predicted molar refractivity (Wildman–Crippen MR) is 96.9 cm³/mol. The molecule has 2 amide bonds. The van der Waals surface area contributed by atoms with Crippen LogP contribution in [0.25, 0.3) is 0 Å². The van der Waals surface area contributed by atoms with Gasteiger partial charge in [-0.3, -0.25) is 9.69 Å². The van der Waals surface area contributed by atoms with Crippen LogP contribution in [-0.2, 0) is 10.2 Å². The molecule has 0 spiro atoms. The molecule has 1 heterocycles. The topological polar surface area (TPSA) is 58.6 Å². The number of β-lactam (4-membered cyclic amide) rings is 1. The van der Waals surface area contributed by atoms with Crippen molar-refractivity contribution in [2.45, 2.75) is 50.0 Å². The van der Waals surface area contributed by atoms with Crippen molar-refractivity contribution in [2.24, 2.45) is 17.8 Å². The lowest BCUT2D eigenvalue weighted by Crippen LogP contribution is -2.62. The van der Waals surface area contributed by atoms with Crippen molar-refractivity contribution < 1.29 is 14.3 Å². The van der Waals surface area contributed by atoms with Crippen molar-refractivity contribution in [2.75, 3.05) is 13.6 Å². The zero-order chi connectivity index (χ0) is 17.9. The van der Waals surface area contributed by atoms with E-state index in [0.717, 1.165) is 17.8 Å². The van der Waals surface area contributed by atoms with Gasteiger partial charge in [-0.1, -0.05) is 12.1 Å². The van der Waals surface area contributed by atoms with Gasteiger partial charge in [0.2, 0.25) is 5.91 Å². The van der Waals surface area contributed by atoms with Gasteiger partial charge < -0.3 is 10.1 Å². The molecule has 1 atom stereocenters. The van der Waals surface area contributed by atoms with Crippen molar-refractivity contribution in [1.82, 2.24) is 10.2 Å². The molecule has 1 saturated heterocycles. The summed E-state index contributed by atoms with van der Waals surface area (Å²) in [6, 6.07) is 7.74. The Labute approximate surface area is 154 Å². The summed E-state index contributed by atoms with van der Waals surface area (Å²) in [4.78, 5) is 25.0. The number of hydrogen-bond donors (Lipinski definition) is 1. The minimum atomic E-state index is -0.479. The monoisotopic (exact) mass is 354 g/mol. The van der Waals surface area contributed by atoms with Gasteiger partial charge in [-0.05, 0) is 79.4 Å². The van der Waals surface area contributed by atoms with Crippen LogP contribution in [0.15, 0.2) is 24.3 Å². The first-order chi connectivity index (χ1) is 12.5. The number of carbonyl (C=O) groups is 2. The maximum atomic E-state index is 12.2. The first-order valence-corrected chi connectivity index (χ1v) is 9.85. The number of amides is 2. The van der Waals surface area contributed by atoms with Gasteiger partial charge in [0.05, 0.1) is 0 Å². The Morgan fingerprint density at radius 2 is 1.65 bits per heavy atom. The van der Waals surface area contributed by atoms with E-state index >= 15 is 0 Å². The molecule has 6 rings (SSSR count). The molecule has 0 unspecified atom stereocenters. The zero-order valence-corrected chi connectivity index (χ0v) is 15.2. The smallest absolute Gasteiger partial charge is 0.410 e. The molecule has 5 heteroatoms. The number of rotatable bonds is 3. The summed E-state index contributed by atoms with van der Waals surface area (Å²) in [6.45, 7) is 0.495. The maximum absolute atomic E-state index is 12.2. The molecule has 1 aromatic carbocycles. The van der Waals surface area contributed by atoms with E-state index in [1.54, 1.807) is 7.05 Å². The van der Waals surface area contributed by atoms with Crippen molar-refractivity contribution >= 4 is 12.0 Å². The van der Waals surface area contributed by atoms with Crippen molar-refractivity contribution in [3.05, 3.63) is 29.8 Å². The van der Waals surface area contributed by atoms with Crippen LogP contribution in [0.4, 0.5) is 4.79 Å². The highest BCUT2D eigenvalue weighted by atomic mass is 16.6. The van der Waals surface area contributed by atoms with Crippen molar-refractivity contribution in [1.29, 1.82) is 0 Å². The molecule has 138 valence electrons. The van der Waals surface area contributed by atoms with Gasteiger partial charge in [-0.2, -0.15) is 0 Å². The van der Waals surface area contributed by atoms with Gasteiger partial charge in [0.15, 0.2) is 0 Å². The van der Waals surface area contributed by atoms with Crippen LogP contribution in [0, 0.1) is 17.8 Å². The number of benzene rings is 1. The summed E-state index contributed by atoms with van der Waals surface area (Å²) in [6.07, 6.45) is 7.84. The number of hydrogen-bond acceptors (Lipinski definition) is 3. The largest absolute Gasteiger partial charge is 0.415 e. The summed E-state index contributed by atoms with van der Waals surface area (Å²) in [5.41, 5.74) is 1.78. The fourth-order valence-corrected chi connectivity index (χ4v) is 6.23. The number of likely N-dealkylation sites (N-methyl/N-ethyl adjacent to an activating group) is 1. The first-order valence-electron chi connectivity index (χ1n) is 9.85. The second-order valence-electron chi connectivity index (χ2n) is 8.96. The average molecular weight is 354 g/mol. The van der Waals surface area contributed by atoms with Crippen molar-refractivity contribution in [3.63, 3.8) is 0 Å². The van der Waals surface area contributed by atoms with Gasteiger partial charge in [-0.15, -0.1) is 0 Å². The Morgan fingerprint density at radius 3 is 2.12 bits per heavy atom. The van der Waals surface area contributed by atoms with E-state index in [0.29, 0.717) is 17.7 Å². The summed E-state index contributed by atoms with van der Waals surface area (Å²) in [5, 5.41) is 2.64. The molecular weight excluding hydrogens is 328 g/mol. The quantitative estimate of drug-likeness (QED) is 0.849. The van der Waals surface area contributed by atoms with E-state index in [4.69, 9.17) is 4.74 Å². The Bertz CT molecular complexity index is 707. The number of ether oxygens (including phenoxy) is 1. The van der Waals surface area contributed by atoms with E-state index in [1.165, 1.54) is 49.0 Å². The lowest BCUT2D eigenvalue weighted by atomic mass is 9.48. The number of carbonyl (C=O) groups excluding carboxylic acids is 2. The molecule has 5 aliphatic rings. The van der Waals surface area contributed by atoms with Crippen LogP contribution in [0.1, 0.15) is 44.1 Å². The third kappa shape index (κ3) is 2.51. The second-order valence-corrected chi connectivity index (χ2v) is 8.96. The molecule has 4 aliphatic carbocycles. The molecular formula is C21H26N2O3. The minimum Gasteiger partial charge on any atom is -0.410 e. The summed E-state index contributed by atoms with van der Waals surface area (Å²) in [5.74, 6) is 3.18. The highest BCUT2D eigenvalue weighted by Gasteiger charge is 2.51. The fraction of sp³-hybridized carbons (Fsp3) is 0.619. The lowest BCUT2D eigenvalue weighted by Gasteiger charge is -2.57. The highest BCUT2D eigenvalue weighted by molar-refractivity contribution is 5.91. The molecule has 1 aliphatic heterocycles. The van der Waals surface area contributed by atoms with E-state index in [2.05, 4.69) is 17.4 Å². The minimum absolute atomic E-state index is 0.124. The lowest BCUT2D eigenvalue weighted by molar-refractivity contribution is -0.131. The predicted octanol–water partition coefficient (Wildman–Crippen LogP) is 3.08. The number of nitrogens with one attached hydrogen (secondary N) is 1.